The largest absolute Gasteiger partial charge is 0.304 e. The van der Waals surface area contributed by atoms with Crippen molar-refractivity contribution in [2.24, 2.45) is 5.41 Å². The zero-order valence-electron chi connectivity index (χ0n) is 9.96. The second-order valence-electron chi connectivity index (χ2n) is 4.69. The Morgan fingerprint density at radius 3 is 2.69 bits per heavy atom. The van der Waals surface area contributed by atoms with Crippen molar-refractivity contribution in [3.63, 3.8) is 0 Å². The lowest BCUT2D eigenvalue weighted by Gasteiger charge is -2.23. The third-order valence-electron chi connectivity index (χ3n) is 2.34. The summed E-state index contributed by atoms with van der Waals surface area (Å²) in [5, 5.41) is 8.94. The number of likely N-dealkylation sites (N-methyl/N-ethyl adjacent to an activating group) is 1. The van der Waals surface area contributed by atoms with Crippen LogP contribution < -0.4 is 0 Å². The third-order valence-corrected chi connectivity index (χ3v) is 3.63. The summed E-state index contributed by atoms with van der Waals surface area (Å²) in [6.07, 6.45) is 0.995. The number of hydrogen-bond donors (Lipinski definition) is 0. The van der Waals surface area contributed by atoms with E-state index in [1.54, 1.807) is 11.3 Å². The first kappa shape index (κ1) is 13.5. The van der Waals surface area contributed by atoms with E-state index < -0.39 is 0 Å². The lowest BCUT2D eigenvalue weighted by molar-refractivity contribution is 0.258. The van der Waals surface area contributed by atoms with Gasteiger partial charge in [0.25, 0.3) is 0 Å². The molecule has 88 valence electrons. The maximum absolute atomic E-state index is 8.94. The van der Waals surface area contributed by atoms with Gasteiger partial charge in [-0.25, -0.2) is 0 Å². The molecule has 0 saturated carbocycles. The Balaban J connectivity index is 2.36. The van der Waals surface area contributed by atoms with E-state index in [-0.39, 0.29) is 5.41 Å². The summed E-state index contributed by atoms with van der Waals surface area (Å²) < 4.78 is 0.843. The van der Waals surface area contributed by atoms with Crippen molar-refractivity contribution in [3.8, 4) is 6.07 Å². The Labute approximate surface area is 106 Å². The quantitative estimate of drug-likeness (QED) is 0.807. The predicted molar refractivity (Wildman–Crippen MR) is 69.9 cm³/mol. The van der Waals surface area contributed by atoms with Gasteiger partial charge in [0.15, 0.2) is 0 Å². The SMILES string of the molecule is CN(CCc1ccc(Cl)s1)CC(C)(C)C#N. The molecule has 0 atom stereocenters. The number of thiophene rings is 1. The van der Waals surface area contributed by atoms with Crippen LogP contribution in [0.4, 0.5) is 0 Å². The lowest BCUT2D eigenvalue weighted by atomic mass is 9.95. The van der Waals surface area contributed by atoms with Gasteiger partial charge in [-0.05, 0) is 39.4 Å². The van der Waals surface area contributed by atoms with E-state index in [1.165, 1.54) is 4.88 Å². The van der Waals surface area contributed by atoms with E-state index in [9.17, 15) is 0 Å². The van der Waals surface area contributed by atoms with Gasteiger partial charge < -0.3 is 4.90 Å². The number of halogens is 1. The highest BCUT2D eigenvalue weighted by Crippen LogP contribution is 2.22. The molecule has 0 spiro atoms. The summed E-state index contributed by atoms with van der Waals surface area (Å²) in [7, 11) is 2.05. The van der Waals surface area contributed by atoms with Crippen LogP contribution in [0.1, 0.15) is 18.7 Å². The zero-order valence-corrected chi connectivity index (χ0v) is 11.5. The molecule has 0 aliphatic heterocycles. The molecule has 0 N–H and O–H groups in total. The first-order chi connectivity index (χ1) is 7.43. The molecule has 0 aromatic carbocycles. The second-order valence-corrected chi connectivity index (χ2v) is 6.49. The zero-order chi connectivity index (χ0) is 12.2. The minimum atomic E-state index is -0.276. The minimum Gasteiger partial charge on any atom is -0.304 e. The Bertz CT molecular complexity index is 379. The third kappa shape index (κ3) is 4.52. The Morgan fingerprint density at radius 2 is 2.19 bits per heavy atom. The molecule has 0 bridgehead atoms. The topological polar surface area (TPSA) is 27.0 Å². The number of nitriles is 1. The molecule has 0 aliphatic rings. The standard InChI is InChI=1S/C12H17ClN2S/c1-12(2,8-14)9-15(3)7-6-10-4-5-11(13)16-10/h4-5H,6-7,9H2,1-3H3. The van der Waals surface area contributed by atoms with Crippen molar-refractivity contribution < 1.29 is 0 Å². The number of rotatable bonds is 5. The predicted octanol–water partition coefficient (Wildman–Crippen LogP) is 3.43. The maximum atomic E-state index is 8.94. The summed E-state index contributed by atoms with van der Waals surface area (Å²) in [6, 6.07) is 6.31. The van der Waals surface area contributed by atoms with Crippen LogP contribution in [0.3, 0.4) is 0 Å². The summed E-state index contributed by atoms with van der Waals surface area (Å²) >= 11 is 7.49. The average molecular weight is 257 g/mol. The van der Waals surface area contributed by atoms with Crippen LogP contribution in [0.15, 0.2) is 12.1 Å². The van der Waals surface area contributed by atoms with Crippen molar-refractivity contribution in [1.82, 2.24) is 4.90 Å². The van der Waals surface area contributed by atoms with Gasteiger partial charge in [0, 0.05) is 18.0 Å². The highest BCUT2D eigenvalue weighted by Gasteiger charge is 2.18. The molecular weight excluding hydrogens is 240 g/mol. The average Bonchev–Trinajstić information content (AvgIpc) is 2.61. The molecule has 0 amide bonds. The van der Waals surface area contributed by atoms with Crippen molar-refractivity contribution in [2.45, 2.75) is 20.3 Å². The summed E-state index contributed by atoms with van der Waals surface area (Å²) in [4.78, 5) is 3.49. The molecule has 2 nitrogen and oxygen atoms in total. The first-order valence-electron chi connectivity index (χ1n) is 5.27. The molecule has 4 heteroatoms. The summed E-state index contributed by atoms with van der Waals surface area (Å²) in [5.41, 5.74) is -0.276. The van der Waals surface area contributed by atoms with Crippen molar-refractivity contribution in [2.75, 3.05) is 20.1 Å². The molecule has 0 saturated heterocycles. The Morgan fingerprint density at radius 1 is 1.50 bits per heavy atom. The van der Waals surface area contributed by atoms with Gasteiger partial charge >= 0.3 is 0 Å². The normalized spacial score (nSPS) is 11.8. The van der Waals surface area contributed by atoms with Gasteiger partial charge in [-0.15, -0.1) is 11.3 Å². The molecule has 0 fully saturated rings. The molecule has 0 unspecified atom stereocenters. The van der Waals surface area contributed by atoms with Crippen LogP contribution in [-0.2, 0) is 6.42 Å². The molecule has 1 aromatic rings. The van der Waals surface area contributed by atoms with Gasteiger partial charge in [0.2, 0.25) is 0 Å². The number of nitrogens with zero attached hydrogens (tertiary/aromatic N) is 2. The molecule has 0 aliphatic carbocycles. The van der Waals surface area contributed by atoms with E-state index in [1.807, 2.05) is 27.0 Å². The van der Waals surface area contributed by atoms with Crippen molar-refractivity contribution in [1.29, 1.82) is 5.26 Å². The van der Waals surface area contributed by atoms with Gasteiger partial charge in [-0.2, -0.15) is 5.26 Å². The minimum absolute atomic E-state index is 0.276. The van der Waals surface area contributed by atoms with Crippen LogP contribution >= 0.6 is 22.9 Å². The number of hydrogen-bond acceptors (Lipinski definition) is 3. The van der Waals surface area contributed by atoms with E-state index in [2.05, 4.69) is 17.0 Å². The molecule has 16 heavy (non-hydrogen) atoms. The Kier molecular flexibility index (Phi) is 4.79. The van der Waals surface area contributed by atoms with Crippen molar-refractivity contribution in [3.05, 3.63) is 21.3 Å². The Hall–Kier alpha value is -0.560. The molecule has 1 heterocycles. The monoisotopic (exact) mass is 256 g/mol. The van der Waals surface area contributed by atoms with Gasteiger partial charge in [-0.1, -0.05) is 11.6 Å². The smallest absolute Gasteiger partial charge is 0.0931 e. The lowest BCUT2D eigenvalue weighted by Crippen LogP contribution is -2.31. The molecule has 1 aromatic heterocycles. The van der Waals surface area contributed by atoms with Crippen molar-refractivity contribution >= 4 is 22.9 Å². The molecule has 1 rings (SSSR count). The van der Waals surface area contributed by atoms with Gasteiger partial charge in [-0.3, -0.25) is 0 Å². The van der Waals surface area contributed by atoms with E-state index in [0.29, 0.717) is 0 Å². The van der Waals surface area contributed by atoms with E-state index in [0.717, 1.165) is 23.8 Å². The first-order valence-corrected chi connectivity index (χ1v) is 6.46. The van der Waals surface area contributed by atoms with Crippen LogP contribution in [-0.4, -0.2) is 25.0 Å². The fraction of sp³-hybridized carbons (Fsp3) is 0.583. The van der Waals surface area contributed by atoms with Crippen LogP contribution in [0.5, 0.6) is 0 Å². The van der Waals surface area contributed by atoms with Gasteiger partial charge in [0.05, 0.1) is 15.8 Å². The van der Waals surface area contributed by atoms with Crippen LogP contribution in [0, 0.1) is 16.7 Å². The molecule has 0 radical (unpaired) electrons. The van der Waals surface area contributed by atoms with Crippen LogP contribution in [0.2, 0.25) is 4.34 Å². The van der Waals surface area contributed by atoms with E-state index >= 15 is 0 Å². The highest BCUT2D eigenvalue weighted by atomic mass is 35.5. The van der Waals surface area contributed by atoms with E-state index in [4.69, 9.17) is 16.9 Å². The van der Waals surface area contributed by atoms with Gasteiger partial charge in [0.1, 0.15) is 0 Å². The maximum Gasteiger partial charge on any atom is 0.0931 e. The highest BCUT2D eigenvalue weighted by molar-refractivity contribution is 7.16. The second kappa shape index (κ2) is 5.67. The van der Waals surface area contributed by atoms with Crippen LogP contribution in [0.25, 0.3) is 0 Å². The fourth-order valence-electron chi connectivity index (χ4n) is 1.58. The molecular formula is C12H17ClN2S. The summed E-state index contributed by atoms with van der Waals surface area (Å²) in [5.74, 6) is 0. The summed E-state index contributed by atoms with van der Waals surface area (Å²) in [6.45, 7) is 5.68. The fourth-order valence-corrected chi connectivity index (χ4v) is 2.65.